The van der Waals surface area contributed by atoms with Crippen molar-refractivity contribution < 1.29 is 9.53 Å². The highest BCUT2D eigenvalue weighted by atomic mass is 16.5. The lowest BCUT2D eigenvalue weighted by Gasteiger charge is -2.04. The summed E-state index contributed by atoms with van der Waals surface area (Å²) in [6.07, 6.45) is 2.02. The molecule has 2 nitrogen and oxygen atoms in total. The number of hydrogen-bond donors (Lipinski definition) is 0. The van der Waals surface area contributed by atoms with Crippen molar-refractivity contribution in [3.05, 3.63) is 78.4 Å². The van der Waals surface area contributed by atoms with E-state index in [2.05, 4.69) is 18.7 Å². The quantitative estimate of drug-likeness (QED) is 0.464. The Bertz CT molecular complexity index is 527. The fourth-order valence-corrected chi connectivity index (χ4v) is 1.66. The first-order valence-corrected chi connectivity index (χ1v) is 5.75. The Labute approximate surface area is 107 Å². The van der Waals surface area contributed by atoms with Gasteiger partial charge in [0.15, 0.2) is 0 Å². The molecule has 0 aromatic heterocycles. The Balaban J connectivity index is 2.04. The fourth-order valence-electron chi connectivity index (χ4n) is 1.66. The van der Waals surface area contributed by atoms with Gasteiger partial charge in [-0.05, 0) is 29.7 Å². The summed E-state index contributed by atoms with van der Waals surface area (Å²) in [6, 6.07) is 17.7. The molecule has 0 bridgehead atoms. The molecule has 90 valence electrons. The Morgan fingerprint density at radius 2 is 1.61 bits per heavy atom. The number of carbonyl (C=O) groups is 1. The van der Waals surface area contributed by atoms with Gasteiger partial charge in [0, 0.05) is 6.08 Å². The molecule has 0 aliphatic carbocycles. The molecule has 0 saturated heterocycles. The van der Waals surface area contributed by atoms with E-state index in [1.165, 1.54) is 11.1 Å². The maximum absolute atomic E-state index is 11.0. The van der Waals surface area contributed by atoms with E-state index in [-0.39, 0.29) is 0 Å². The number of benzene rings is 2. The molecular formula is C16H14O2. The summed E-state index contributed by atoms with van der Waals surface area (Å²) in [5.41, 5.74) is 2.44. The molecular weight excluding hydrogens is 224 g/mol. The highest BCUT2D eigenvalue weighted by Crippen LogP contribution is 2.15. The maximum atomic E-state index is 11.0. The van der Waals surface area contributed by atoms with Gasteiger partial charge in [0.1, 0.15) is 5.75 Å². The third-order valence-electron chi connectivity index (χ3n) is 2.56. The number of ether oxygens (including phenoxy) is 1. The van der Waals surface area contributed by atoms with E-state index in [4.69, 9.17) is 4.74 Å². The van der Waals surface area contributed by atoms with Crippen molar-refractivity contribution in [3.63, 3.8) is 0 Å². The molecule has 0 fully saturated rings. The number of carbonyl (C=O) groups excluding carboxylic acids is 1. The zero-order chi connectivity index (χ0) is 12.8. The van der Waals surface area contributed by atoms with Crippen molar-refractivity contribution in [2.45, 2.75) is 6.42 Å². The van der Waals surface area contributed by atoms with Gasteiger partial charge in [-0.25, -0.2) is 4.79 Å². The first-order chi connectivity index (χ1) is 8.78. The van der Waals surface area contributed by atoms with Crippen LogP contribution in [0, 0.1) is 0 Å². The van der Waals surface area contributed by atoms with Crippen LogP contribution in [0.2, 0.25) is 0 Å². The molecule has 0 unspecified atom stereocenters. The zero-order valence-electron chi connectivity index (χ0n) is 10.0. The smallest absolute Gasteiger partial charge is 0.335 e. The minimum atomic E-state index is -0.439. The van der Waals surface area contributed by atoms with Crippen molar-refractivity contribution in [3.8, 4) is 5.75 Å². The first kappa shape index (κ1) is 12.1. The van der Waals surface area contributed by atoms with Crippen LogP contribution in [-0.2, 0) is 11.2 Å². The lowest BCUT2D eigenvalue weighted by molar-refractivity contribution is -0.128. The SMILES string of the molecule is C=CC(=O)Oc1ccc(Cc2ccccc2)cc1. The van der Waals surface area contributed by atoms with E-state index < -0.39 is 5.97 Å². The van der Waals surface area contributed by atoms with Gasteiger partial charge in [-0.2, -0.15) is 0 Å². The Morgan fingerprint density at radius 1 is 1.00 bits per heavy atom. The summed E-state index contributed by atoms with van der Waals surface area (Å²) in [5.74, 6) is 0.0996. The lowest BCUT2D eigenvalue weighted by Crippen LogP contribution is -2.02. The van der Waals surface area contributed by atoms with Gasteiger partial charge in [-0.3, -0.25) is 0 Å². The Morgan fingerprint density at radius 3 is 2.22 bits per heavy atom. The van der Waals surface area contributed by atoms with E-state index in [1.807, 2.05) is 30.3 Å². The van der Waals surface area contributed by atoms with Gasteiger partial charge in [-0.1, -0.05) is 49.0 Å². The zero-order valence-corrected chi connectivity index (χ0v) is 10.0. The molecule has 0 atom stereocenters. The fraction of sp³-hybridized carbons (Fsp3) is 0.0625. The summed E-state index contributed by atoms with van der Waals surface area (Å²) in [4.78, 5) is 11.0. The molecule has 2 aromatic rings. The summed E-state index contributed by atoms with van der Waals surface area (Å²) in [5, 5.41) is 0. The van der Waals surface area contributed by atoms with Crippen LogP contribution in [0.1, 0.15) is 11.1 Å². The van der Waals surface area contributed by atoms with Crippen molar-refractivity contribution in [2.24, 2.45) is 0 Å². The maximum Gasteiger partial charge on any atom is 0.335 e. The van der Waals surface area contributed by atoms with Crippen molar-refractivity contribution in [1.29, 1.82) is 0 Å². The second kappa shape index (κ2) is 5.82. The molecule has 0 N–H and O–H groups in total. The van der Waals surface area contributed by atoms with Crippen LogP contribution in [0.3, 0.4) is 0 Å². The molecule has 2 aromatic carbocycles. The van der Waals surface area contributed by atoms with Crippen molar-refractivity contribution in [2.75, 3.05) is 0 Å². The molecule has 0 spiro atoms. The van der Waals surface area contributed by atoms with Gasteiger partial charge >= 0.3 is 5.97 Å². The molecule has 18 heavy (non-hydrogen) atoms. The van der Waals surface area contributed by atoms with Crippen LogP contribution >= 0.6 is 0 Å². The highest BCUT2D eigenvalue weighted by molar-refractivity contribution is 5.83. The normalized spacial score (nSPS) is 9.78. The average molecular weight is 238 g/mol. The highest BCUT2D eigenvalue weighted by Gasteiger charge is 2.00. The predicted octanol–water partition coefficient (Wildman–Crippen LogP) is 3.37. The Kier molecular flexibility index (Phi) is 3.92. The molecule has 2 heteroatoms. The van der Waals surface area contributed by atoms with E-state index in [0.29, 0.717) is 5.75 Å². The third kappa shape index (κ3) is 3.32. The molecule has 0 radical (unpaired) electrons. The second-order valence-electron chi connectivity index (χ2n) is 3.93. The van der Waals surface area contributed by atoms with E-state index in [1.54, 1.807) is 12.1 Å². The summed E-state index contributed by atoms with van der Waals surface area (Å²) in [7, 11) is 0. The van der Waals surface area contributed by atoms with Crippen molar-refractivity contribution >= 4 is 5.97 Å². The third-order valence-corrected chi connectivity index (χ3v) is 2.56. The molecule has 2 rings (SSSR count). The number of esters is 1. The lowest BCUT2D eigenvalue weighted by atomic mass is 10.1. The van der Waals surface area contributed by atoms with Crippen LogP contribution < -0.4 is 4.74 Å². The monoisotopic (exact) mass is 238 g/mol. The van der Waals surface area contributed by atoms with Gasteiger partial charge < -0.3 is 4.74 Å². The van der Waals surface area contributed by atoms with Crippen LogP contribution in [0.5, 0.6) is 5.75 Å². The van der Waals surface area contributed by atoms with Crippen molar-refractivity contribution in [1.82, 2.24) is 0 Å². The molecule has 0 aliphatic heterocycles. The van der Waals surface area contributed by atoms with Crippen LogP contribution in [-0.4, -0.2) is 5.97 Å². The van der Waals surface area contributed by atoms with Gasteiger partial charge in [0.05, 0.1) is 0 Å². The minimum Gasteiger partial charge on any atom is -0.423 e. The van der Waals surface area contributed by atoms with Gasteiger partial charge in [0.2, 0.25) is 0 Å². The summed E-state index contributed by atoms with van der Waals surface area (Å²) in [6.45, 7) is 3.36. The Hall–Kier alpha value is -2.35. The average Bonchev–Trinajstić information content (AvgIpc) is 2.42. The van der Waals surface area contributed by atoms with Gasteiger partial charge in [0.25, 0.3) is 0 Å². The standard InChI is InChI=1S/C16H14O2/c1-2-16(17)18-15-10-8-14(9-11-15)12-13-6-4-3-5-7-13/h2-11H,1,12H2. The largest absolute Gasteiger partial charge is 0.423 e. The topological polar surface area (TPSA) is 26.3 Å². The second-order valence-corrected chi connectivity index (χ2v) is 3.93. The summed E-state index contributed by atoms with van der Waals surface area (Å²) >= 11 is 0. The summed E-state index contributed by atoms with van der Waals surface area (Å²) < 4.78 is 5.01. The van der Waals surface area contributed by atoms with Gasteiger partial charge in [-0.15, -0.1) is 0 Å². The minimum absolute atomic E-state index is 0.439. The molecule has 0 amide bonds. The molecule has 0 heterocycles. The first-order valence-electron chi connectivity index (χ1n) is 5.75. The molecule has 0 aliphatic rings. The van der Waals surface area contributed by atoms with Crippen LogP contribution in [0.15, 0.2) is 67.3 Å². The van der Waals surface area contributed by atoms with Crippen LogP contribution in [0.25, 0.3) is 0 Å². The predicted molar refractivity (Wildman–Crippen MR) is 71.5 cm³/mol. The number of rotatable bonds is 4. The molecule has 0 saturated carbocycles. The van der Waals surface area contributed by atoms with E-state index in [9.17, 15) is 4.79 Å². The van der Waals surface area contributed by atoms with Crippen LogP contribution in [0.4, 0.5) is 0 Å². The van der Waals surface area contributed by atoms with E-state index in [0.717, 1.165) is 12.5 Å². The van der Waals surface area contributed by atoms with E-state index >= 15 is 0 Å². The number of hydrogen-bond acceptors (Lipinski definition) is 2.